The zero-order chi connectivity index (χ0) is 27.8. The number of quaternary nitrogens is 1. The van der Waals surface area contributed by atoms with Crippen molar-refractivity contribution in [2.24, 2.45) is 35.3 Å². The number of hydrogen-bond donors (Lipinski definition) is 6. The molecule has 0 spiro atoms. The molecule has 2 saturated carbocycles. The Morgan fingerprint density at radius 3 is 2.32 bits per heavy atom. The van der Waals surface area contributed by atoms with Crippen LogP contribution < -0.4 is 11.1 Å². The Morgan fingerprint density at radius 1 is 0.947 bits per heavy atom. The Morgan fingerprint density at radius 2 is 1.66 bits per heavy atom. The molecule has 0 aromatic rings. The number of ketones is 1. The van der Waals surface area contributed by atoms with E-state index in [4.69, 9.17) is 15.2 Å². The van der Waals surface area contributed by atoms with E-state index in [1.807, 2.05) is 0 Å². The third kappa shape index (κ3) is 8.43. The minimum atomic E-state index is -0.892. The summed E-state index contributed by atoms with van der Waals surface area (Å²) in [4.78, 5) is 13.8. The van der Waals surface area contributed by atoms with Crippen molar-refractivity contribution in [1.29, 1.82) is 0 Å². The largest absolute Gasteiger partial charge is 0.392 e. The zero-order valence-electron chi connectivity index (χ0n) is 23.8. The van der Waals surface area contributed by atoms with Gasteiger partial charge in [-0.25, -0.2) is 0 Å². The second-order valence-corrected chi connectivity index (χ2v) is 12.4. The molecule has 3 fully saturated rings. The zero-order valence-corrected chi connectivity index (χ0v) is 23.8. The van der Waals surface area contributed by atoms with E-state index in [-0.39, 0.29) is 29.9 Å². The van der Waals surface area contributed by atoms with Crippen LogP contribution in [0.5, 0.6) is 0 Å². The molecule has 0 aromatic carbocycles. The average Bonchev–Trinajstić information content (AvgIpc) is 2.91. The molecule has 0 aromatic heterocycles. The van der Waals surface area contributed by atoms with Gasteiger partial charge in [-0.3, -0.25) is 10.5 Å². The molecule has 12 unspecified atom stereocenters. The van der Waals surface area contributed by atoms with Gasteiger partial charge in [0.15, 0.2) is 0 Å². The minimum Gasteiger partial charge on any atom is -0.392 e. The van der Waals surface area contributed by atoms with E-state index in [1.165, 1.54) is 0 Å². The van der Waals surface area contributed by atoms with Gasteiger partial charge in [0.2, 0.25) is 0 Å². The smallest absolute Gasteiger partial charge is 0.138 e. The summed E-state index contributed by atoms with van der Waals surface area (Å²) in [7, 11) is 3.18. The van der Waals surface area contributed by atoms with E-state index in [9.17, 15) is 25.2 Å². The Balaban J connectivity index is 1.67. The SMILES string of the molecule is CCC(C1CC[NH2+]C(N)C1)C(C(=O)CCC1CC(O)C(O)C(OC)C1)C(O)CCC1CCC(O)C(OC)C1. The molecule has 1 aliphatic heterocycles. The summed E-state index contributed by atoms with van der Waals surface area (Å²) in [5, 5.41) is 44.3. The third-order valence-corrected chi connectivity index (χ3v) is 9.96. The molecule has 0 amide bonds. The number of carbonyl (C=O) groups is 1. The number of hydrogen-bond acceptors (Lipinski definition) is 8. The fourth-order valence-electron chi connectivity index (χ4n) is 7.67. The van der Waals surface area contributed by atoms with E-state index < -0.39 is 36.4 Å². The number of aliphatic hydroxyl groups excluding tert-OH is 4. The fourth-order valence-corrected chi connectivity index (χ4v) is 7.67. The average molecular weight is 544 g/mol. The Kier molecular flexibility index (Phi) is 12.9. The summed E-state index contributed by atoms with van der Waals surface area (Å²) in [6.45, 7) is 3.07. The van der Waals surface area contributed by atoms with Gasteiger partial charge in [-0.05, 0) is 81.5 Å². The Labute approximate surface area is 228 Å². The fraction of sp³-hybridized carbons (Fsp3) is 0.966. The third-order valence-electron chi connectivity index (χ3n) is 9.96. The molecule has 0 radical (unpaired) electrons. The van der Waals surface area contributed by atoms with Crippen molar-refractivity contribution in [3.8, 4) is 0 Å². The van der Waals surface area contributed by atoms with Gasteiger partial charge in [-0.15, -0.1) is 0 Å². The van der Waals surface area contributed by atoms with Crippen molar-refractivity contribution in [3.63, 3.8) is 0 Å². The minimum absolute atomic E-state index is 0.0384. The lowest BCUT2D eigenvalue weighted by Gasteiger charge is -2.39. The molecule has 0 bridgehead atoms. The van der Waals surface area contributed by atoms with Crippen molar-refractivity contribution in [1.82, 2.24) is 0 Å². The molecule has 3 rings (SSSR count). The second kappa shape index (κ2) is 15.4. The first-order valence-electron chi connectivity index (χ1n) is 15.1. The first kappa shape index (κ1) is 31.9. The highest BCUT2D eigenvalue weighted by Crippen LogP contribution is 2.38. The van der Waals surface area contributed by atoms with Crippen LogP contribution in [-0.2, 0) is 14.3 Å². The molecule has 3 aliphatic rings. The van der Waals surface area contributed by atoms with Gasteiger partial charge >= 0.3 is 0 Å². The molecule has 2 aliphatic carbocycles. The van der Waals surface area contributed by atoms with Gasteiger partial charge in [0.05, 0.1) is 37.1 Å². The lowest BCUT2D eigenvalue weighted by Crippen LogP contribution is -2.94. The van der Waals surface area contributed by atoms with Gasteiger partial charge < -0.3 is 35.2 Å². The highest BCUT2D eigenvalue weighted by Gasteiger charge is 2.41. The van der Waals surface area contributed by atoms with Crippen molar-refractivity contribution >= 4 is 5.78 Å². The molecule has 1 saturated heterocycles. The predicted octanol–water partition coefficient (Wildman–Crippen LogP) is 0.700. The number of nitrogens with two attached hydrogens (primary N) is 2. The molecule has 12 atom stereocenters. The van der Waals surface area contributed by atoms with Gasteiger partial charge in [0, 0.05) is 33.0 Å². The van der Waals surface area contributed by atoms with Crippen LogP contribution in [0.15, 0.2) is 0 Å². The molecule has 222 valence electrons. The molecule has 9 nitrogen and oxygen atoms in total. The number of aliphatic hydroxyl groups is 4. The summed E-state index contributed by atoms with van der Waals surface area (Å²) in [5.41, 5.74) is 6.28. The first-order valence-corrected chi connectivity index (χ1v) is 15.1. The van der Waals surface area contributed by atoms with Gasteiger partial charge in [-0.2, -0.15) is 0 Å². The van der Waals surface area contributed by atoms with Crippen molar-refractivity contribution in [2.45, 2.75) is 127 Å². The molecular weight excluding hydrogens is 488 g/mol. The molecule has 1 heterocycles. The Hall–Kier alpha value is -0.650. The number of piperidine rings is 1. The van der Waals surface area contributed by atoms with Crippen LogP contribution in [0, 0.1) is 29.6 Å². The maximum atomic E-state index is 13.8. The van der Waals surface area contributed by atoms with Crippen LogP contribution in [-0.4, -0.2) is 89.8 Å². The van der Waals surface area contributed by atoms with Gasteiger partial charge in [-0.1, -0.05) is 13.3 Å². The first-order chi connectivity index (χ1) is 18.2. The number of carbonyl (C=O) groups excluding carboxylic acids is 1. The summed E-state index contributed by atoms with van der Waals surface area (Å²) in [6.07, 6.45) is 5.09. The summed E-state index contributed by atoms with van der Waals surface area (Å²) in [6, 6.07) is 0. The molecule has 9 heteroatoms. The van der Waals surface area contributed by atoms with E-state index in [1.54, 1.807) is 14.2 Å². The highest BCUT2D eigenvalue weighted by atomic mass is 16.5. The quantitative estimate of drug-likeness (QED) is 0.198. The standard InChI is InChI=1S/C29H54N2O7/c1-4-20(19-11-12-31-27(30)16-19)28(22(33)9-6-17-5-8-21(32)25(14-17)37-2)23(34)10-7-18-13-24(35)29(36)26(15-18)38-3/h17-22,24-29,31-33,35-36H,4-16,30H2,1-3H3/p+1. The number of ether oxygens (including phenoxy) is 2. The summed E-state index contributed by atoms with van der Waals surface area (Å²) in [5.74, 6) is 0.541. The maximum Gasteiger partial charge on any atom is 0.138 e. The lowest BCUT2D eigenvalue weighted by molar-refractivity contribution is -0.699. The van der Waals surface area contributed by atoms with E-state index >= 15 is 0 Å². The van der Waals surface area contributed by atoms with Crippen molar-refractivity contribution < 1.29 is 40.0 Å². The normalized spacial score (nSPS) is 38.9. The molecule has 38 heavy (non-hydrogen) atoms. The van der Waals surface area contributed by atoms with Crippen LogP contribution in [0.1, 0.15) is 84.0 Å². The van der Waals surface area contributed by atoms with Crippen LogP contribution in [0.4, 0.5) is 0 Å². The Bertz CT molecular complexity index is 712. The monoisotopic (exact) mass is 543 g/mol. The lowest BCUT2D eigenvalue weighted by atomic mass is 9.69. The molecular formula is C29H55N2O7+. The van der Waals surface area contributed by atoms with Gasteiger partial charge in [0.1, 0.15) is 18.1 Å². The van der Waals surface area contributed by atoms with Crippen LogP contribution in [0.2, 0.25) is 0 Å². The van der Waals surface area contributed by atoms with Gasteiger partial charge in [0.25, 0.3) is 0 Å². The summed E-state index contributed by atoms with van der Waals surface area (Å²) < 4.78 is 10.8. The summed E-state index contributed by atoms with van der Waals surface area (Å²) >= 11 is 0. The van der Waals surface area contributed by atoms with Crippen molar-refractivity contribution in [3.05, 3.63) is 0 Å². The number of methoxy groups -OCH3 is 2. The maximum absolute atomic E-state index is 13.8. The molecule has 8 N–H and O–H groups in total. The topological polar surface area (TPSA) is 159 Å². The van der Waals surface area contributed by atoms with Crippen LogP contribution in [0.25, 0.3) is 0 Å². The van der Waals surface area contributed by atoms with E-state index in [2.05, 4.69) is 12.2 Å². The van der Waals surface area contributed by atoms with E-state index in [0.29, 0.717) is 50.4 Å². The second-order valence-electron chi connectivity index (χ2n) is 12.4. The van der Waals surface area contributed by atoms with Crippen LogP contribution >= 0.6 is 0 Å². The highest BCUT2D eigenvalue weighted by molar-refractivity contribution is 5.82. The number of rotatable bonds is 13. The number of Topliss-reactive ketones (excluding diaryl/α,β-unsaturated/α-hetero) is 1. The predicted molar refractivity (Wildman–Crippen MR) is 144 cm³/mol. The van der Waals surface area contributed by atoms with Crippen molar-refractivity contribution in [2.75, 3.05) is 20.8 Å². The van der Waals surface area contributed by atoms with Crippen LogP contribution in [0.3, 0.4) is 0 Å². The van der Waals surface area contributed by atoms with E-state index in [0.717, 1.165) is 45.1 Å².